The van der Waals surface area contributed by atoms with Crippen molar-refractivity contribution in [1.29, 1.82) is 0 Å². The molecule has 0 amide bonds. The smallest absolute Gasteiger partial charge is 0.120 e. The molecule has 0 aliphatic heterocycles. The van der Waals surface area contributed by atoms with Crippen molar-refractivity contribution in [3.05, 3.63) is 28.2 Å². The first-order valence-corrected chi connectivity index (χ1v) is 5.18. The summed E-state index contributed by atoms with van der Waals surface area (Å²) in [5, 5.41) is 9.53. The SMILES string of the molecule is CCCC(N)c1cc(Br)ccc1O. The lowest BCUT2D eigenvalue weighted by Crippen LogP contribution is -2.09. The standard InChI is InChI=1S/C10H14BrNO/c1-2-3-9(12)8-6-7(11)4-5-10(8)13/h4-6,9,13H,2-3,12H2,1H3. The first-order valence-electron chi connectivity index (χ1n) is 4.39. The average Bonchev–Trinajstić information content (AvgIpc) is 2.09. The lowest BCUT2D eigenvalue weighted by Gasteiger charge is -2.12. The van der Waals surface area contributed by atoms with Gasteiger partial charge in [0.2, 0.25) is 0 Å². The Hall–Kier alpha value is -0.540. The van der Waals surface area contributed by atoms with Crippen LogP contribution < -0.4 is 5.73 Å². The molecule has 0 aliphatic carbocycles. The molecule has 0 bridgehead atoms. The molecule has 0 saturated carbocycles. The van der Waals surface area contributed by atoms with E-state index in [9.17, 15) is 5.11 Å². The number of halogens is 1. The average molecular weight is 244 g/mol. The number of rotatable bonds is 3. The summed E-state index contributed by atoms with van der Waals surface area (Å²) >= 11 is 3.35. The quantitative estimate of drug-likeness (QED) is 0.858. The van der Waals surface area contributed by atoms with Crippen molar-refractivity contribution in [2.75, 3.05) is 0 Å². The van der Waals surface area contributed by atoms with E-state index in [1.807, 2.05) is 6.07 Å². The Morgan fingerprint density at radius 2 is 2.23 bits per heavy atom. The summed E-state index contributed by atoms with van der Waals surface area (Å²) in [5.74, 6) is 0.282. The molecule has 0 heterocycles. The lowest BCUT2D eigenvalue weighted by atomic mass is 10.0. The molecule has 0 saturated heterocycles. The highest BCUT2D eigenvalue weighted by molar-refractivity contribution is 9.10. The zero-order chi connectivity index (χ0) is 9.84. The summed E-state index contributed by atoms with van der Waals surface area (Å²) in [6, 6.07) is 5.27. The Balaban J connectivity index is 2.91. The zero-order valence-electron chi connectivity index (χ0n) is 7.63. The Kier molecular flexibility index (Phi) is 3.75. The van der Waals surface area contributed by atoms with Crippen molar-refractivity contribution < 1.29 is 5.11 Å². The third-order valence-electron chi connectivity index (χ3n) is 1.99. The van der Waals surface area contributed by atoms with Crippen molar-refractivity contribution in [1.82, 2.24) is 0 Å². The predicted octanol–water partition coefficient (Wildman–Crippen LogP) is 2.95. The number of benzene rings is 1. The molecule has 2 nitrogen and oxygen atoms in total. The monoisotopic (exact) mass is 243 g/mol. The van der Waals surface area contributed by atoms with Crippen LogP contribution in [0.15, 0.2) is 22.7 Å². The maximum Gasteiger partial charge on any atom is 0.120 e. The lowest BCUT2D eigenvalue weighted by molar-refractivity contribution is 0.458. The Morgan fingerprint density at radius 1 is 1.54 bits per heavy atom. The third-order valence-corrected chi connectivity index (χ3v) is 2.48. The van der Waals surface area contributed by atoms with E-state index in [-0.39, 0.29) is 11.8 Å². The minimum absolute atomic E-state index is 0.0671. The molecule has 0 aliphatic rings. The molecule has 1 aromatic carbocycles. The molecule has 0 fully saturated rings. The molecule has 1 atom stereocenters. The number of phenols is 1. The minimum atomic E-state index is -0.0671. The molecule has 3 N–H and O–H groups in total. The first kappa shape index (κ1) is 10.5. The van der Waals surface area contributed by atoms with E-state index < -0.39 is 0 Å². The van der Waals surface area contributed by atoms with Gasteiger partial charge >= 0.3 is 0 Å². The van der Waals surface area contributed by atoms with E-state index in [0.29, 0.717) is 0 Å². The van der Waals surface area contributed by atoms with Gasteiger partial charge in [0.05, 0.1) is 0 Å². The minimum Gasteiger partial charge on any atom is -0.508 e. The van der Waals surface area contributed by atoms with Crippen LogP contribution in [0.2, 0.25) is 0 Å². The summed E-state index contributed by atoms with van der Waals surface area (Å²) in [6.07, 6.45) is 1.91. The van der Waals surface area contributed by atoms with Crippen LogP contribution >= 0.6 is 15.9 Å². The maximum atomic E-state index is 9.53. The summed E-state index contributed by atoms with van der Waals surface area (Å²) in [7, 11) is 0. The third kappa shape index (κ3) is 2.71. The van der Waals surface area contributed by atoms with Crippen LogP contribution in [0.4, 0.5) is 0 Å². The van der Waals surface area contributed by atoms with Crippen LogP contribution in [0.5, 0.6) is 5.75 Å². The molecule has 0 spiro atoms. The number of phenolic OH excluding ortho intramolecular Hbond substituents is 1. The Morgan fingerprint density at radius 3 is 2.85 bits per heavy atom. The molecular formula is C10H14BrNO. The largest absolute Gasteiger partial charge is 0.508 e. The van der Waals surface area contributed by atoms with E-state index in [1.165, 1.54) is 0 Å². The van der Waals surface area contributed by atoms with Crippen molar-refractivity contribution in [3.63, 3.8) is 0 Å². The molecule has 1 rings (SSSR count). The summed E-state index contributed by atoms with van der Waals surface area (Å²) < 4.78 is 0.951. The number of hydrogen-bond acceptors (Lipinski definition) is 2. The topological polar surface area (TPSA) is 46.2 Å². The van der Waals surface area contributed by atoms with E-state index in [0.717, 1.165) is 22.9 Å². The predicted molar refractivity (Wildman–Crippen MR) is 57.6 cm³/mol. The fraction of sp³-hybridized carbons (Fsp3) is 0.400. The zero-order valence-corrected chi connectivity index (χ0v) is 9.21. The summed E-state index contributed by atoms with van der Waals surface area (Å²) in [6.45, 7) is 2.08. The molecule has 3 heteroatoms. The maximum absolute atomic E-state index is 9.53. The second-order valence-electron chi connectivity index (χ2n) is 3.10. The molecular weight excluding hydrogens is 230 g/mol. The van der Waals surface area contributed by atoms with Gasteiger partial charge in [-0.15, -0.1) is 0 Å². The van der Waals surface area contributed by atoms with E-state index in [1.54, 1.807) is 12.1 Å². The molecule has 1 unspecified atom stereocenters. The fourth-order valence-corrected chi connectivity index (χ4v) is 1.67. The van der Waals surface area contributed by atoms with Crippen LogP contribution in [0.3, 0.4) is 0 Å². The van der Waals surface area contributed by atoms with Gasteiger partial charge in [0.1, 0.15) is 5.75 Å². The van der Waals surface area contributed by atoms with E-state index in [4.69, 9.17) is 5.73 Å². The first-order chi connectivity index (χ1) is 6.15. The number of nitrogens with two attached hydrogens (primary N) is 1. The van der Waals surface area contributed by atoms with Gasteiger partial charge in [-0.05, 0) is 24.6 Å². The normalized spacial score (nSPS) is 12.8. The number of aromatic hydroxyl groups is 1. The van der Waals surface area contributed by atoms with Crippen LogP contribution in [0.1, 0.15) is 31.4 Å². The second-order valence-corrected chi connectivity index (χ2v) is 4.01. The van der Waals surface area contributed by atoms with Crippen molar-refractivity contribution in [2.45, 2.75) is 25.8 Å². The van der Waals surface area contributed by atoms with Crippen molar-refractivity contribution >= 4 is 15.9 Å². The van der Waals surface area contributed by atoms with Gasteiger partial charge in [-0.1, -0.05) is 29.3 Å². The van der Waals surface area contributed by atoms with E-state index >= 15 is 0 Å². The van der Waals surface area contributed by atoms with Gasteiger partial charge in [0.15, 0.2) is 0 Å². The van der Waals surface area contributed by atoms with Crippen LogP contribution in [-0.2, 0) is 0 Å². The fourth-order valence-electron chi connectivity index (χ4n) is 1.29. The summed E-state index contributed by atoms with van der Waals surface area (Å²) in [4.78, 5) is 0. The second kappa shape index (κ2) is 4.63. The van der Waals surface area contributed by atoms with Gasteiger partial charge in [-0.25, -0.2) is 0 Å². The Bertz CT molecular complexity index is 288. The summed E-state index contributed by atoms with van der Waals surface area (Å²) in [5.41, 5.74) is 6.71. The molecule has 0 radical (unpaired) electrons. The van der Waals surface area contributed by atoms with Gasteiger partial charge in [0, 0.05) is 16.1 Å². The molecule has 0 aromatic heterocycles. The highest BCUT2D eigenvalue weighted by atomic mass is 79.9. The van der Waals surface area contributed by atoms with Crippen molar-refractivity contribution in [3.8, 4) is 5.75 Å². The number of hydrogen-bond donors (Lipinski definition) is 2. The van der Waals surface area contributed by atoms with Gasteiger partial charge < -0.3 is 10.8 Å². The van der Waals surface area contributed by atoms with E-state index in [2.05, 4.69) is 22.9 Å². The molecule has 13 heavy (non-hydrogen) atoms. The highest BCUT2D eigenvalue weighted by Gasteiger charge is 2.09. The molecule has 1 aromatic rings. The Labute approximate surface area is 86.9 Å². The molecule has 72 valence electrons. The van der Waals surface area contributed by atoms with Crippen LogP contribution in [-0.4, -0.2) is 5.11 Å². The van der Waals surface area contributed by atoms with Crippen LogP contribution in [0.25, 0.3) is 0 Å². The van der Waals surface area contributed by atoms with Gasteiger partial charge in [-0.2, -0.15) is 0 Å². The van der Waals surface area contributed by atoms with Crippen molar-refractivity contribution in [2.24, 2.45) is 5.73 Å². The van der Waals surface area contributed by atoms with Gasteiger partial charge in [0.25, 0.3) is 0 Å². The highest BCUT2D eigenvalue weighted by Crippen LogP contribution is 2.28. The van der Waals surface area contributed by atoms with Gasteiger partial charge in [-0.3, -0.25) is 0 Å². The van der Waals surface area contributed by atoms with Crippen LogP contribution in [0, 0.1) is 0 Å².